The van der Waals surface area contributed by atoms with Gasteiger partial charge in [0.05, 0.1) is 12.2 Å². The van der Waals surface area contributed by atoms with Crippen LogP contribution in [0.3, 0.4) is 0 Å². The second-order valence-corrected chi connectivity index (χ2v) is 6.45. The maximum absolute atomic E-state index is 12.9. The van der Waals surface area contributed by atoms with Crippen LogP contribution in [-0.2, 0) is 6.54 Å². The number of hydrogen-bond donors (Lipinski definition) is 2. The number of rotatable bonds is 6. The number of halogens is 1. The Bertz CT molecular complexity index is 921. The molecule has 3 aromatic rings. The third kappa shape index (κ3) is 4.52. The van der Waals surface area contributed by atoms with E-state index in [2.05, 4.69) is 15.6 Å². The lowest BCUT2D eigenvalue weighted by Crippen LogP contribution is -2.22. The predicted octanol–water partition coefficient (Wildman–Crippen LogP) is 4.16. The van der Waals surface area contributed by atoms with E-state index in [1.54, 1.807) is 12.1 Å². The van der Waals surface area contributed by atoms with Crippen molar-refractivity contribution in [2.24, 2.45) is 0 Å². The SMILES string of the molecule is CC(=O)c1ccc(Nc2nc(CNC(=O)c3ccc(F)cc3)cs2)cc1. The number of nitrogens with one attached hydrogen (secondary N) is 2. The number of ketones is 1. The van der Waals surface area contributed by atoms with Gasteiger partial charge in [0.25, 0.3) is 5.91 Å². The van der Waals surface area contributed by atoms with Crippen molar-refractivity contribution in [3.05, 3.63) is 76.5 Å². The van der Waals surface area contributed by atoms with Crippen molar-refractivity contribution in [3.63, 3.8) is 0 Å². The van der Waals surface area contributed by atoms with Gasteiger partial charge in [-0.3, -0.25) is 9.59 Å². The number of anilines is 2. The molecule has 0 spiro atoms. The Labute approximate surface area is 153 Å². The number of Topliss-reactive ketones (excluding diaryl/α,β-unsaturated/α-hetero) is 1. The smallest absolute Gasteiger partial charge is 0.251 e. The summed E-state index contributed by atoms with van der Waals surface area (Å²) in [6.07, 6.45) is 0. The van der Waals surface area contributed by atoms with Crippen LogP contribution >= 0.6 is 11.3 Å². The number of benzene rings is 2. The maximum atomic E-state index is 12.9. The van der Waals surface area contributed by atoms with Crippen LogP contribution in [0.1, 0.15) is 33.3 Å². The third-order valence-electron chi connectivity index (χ3n) is 3.63. The summed E-state index contributed by atoms with van der Waals surface area (Å²) < 4.78 is 12.9. The highest BCUT2D eigenvalue weighted by molar-refractivity contribution is 7.13. The molecule has 1 aromatic heterocycles. The Morgan fingerprint density at radius 3 is 2.35 bits per heavy atom. The molecule has 0 aliphatic rings. The molecule has 0 aliphatic heterocycles. The molecule has 2 aromatic carbocycles. The van der Waals surface area contributed by atoms with E-state index < -0.39 is 0 Å². The van der Waals surface area contributed by atoms with E-state index in [1.165, 1.54) is 42.5 Å². The number of amides is 1. The minimum Gasteiger partial charge on any atom is -0.346 e. The average molecular weight is 369 g/mol. The van der Waals surface area contributed by atoms with Crippen molar-refractivity contribution in [2.75, 3.05) is 5.32 Å². The molecular formula is C19H16FN3O2S. The highest BCUT2D eigenvalue weighted by atomic mass is 32.1. The monoisotopic (exact) mass is 369 g/mol. The summed E-state index contributed by atoms with van der Waals surface area (Å²) in [7, 11) is 0. The molecule has 0 saturated carbocycles. The van der Waals surface area contributed by atoms with Gasteiger partial charge in [0.15, 0.2) is 10.9 Å². The standard InChI is InChI=1S/C19H16FN3O2S/c1-12(24)13-4-8-16(9-5-13)22-19-23-17(11-26-19)10-21-18(25)14-2-6-15(20)7-3-14/h2-9,11H,10H2,1H3,(H,21,25)(H,22,23). The maximum Gasteiger partial charge on any atom is 0.251 e. The lowest BCUT2D eigenvalue weighted by molar-refractivity contribution is 0.0949. The molecule has 3 rings (SSSR count). The molecule has 7 heteroatoms. The van der Waals surface area contributed by atoms with Gasteiger partial charge in [-0.15, -0.1) is 11.3 Å². The van der Waals surface area contributed by atoms with Crippen molar-refractivity contribution in [1.29, 1.82) is 0 Å². The molecule has 1 heterocycles. The average Bonchev–Trinajstić information content (AvgIpc) is 3.08. The van der Waals surface area contributed by atoms with E-state index >= 15 is 0 Å². The molecule has 0 aliphatic carbocycles. The van der Waals surface area contributed by atoms with E-state index in [0.717, 1.165) is 5.69 Å². The molecule has 1 amide bonds. The number of hydrogen-bond acceptors (Lipinski definition) is 5. The summed E-state index contributed by atoms with van der Waals surface area (Å²) in [6.45, 7) is 1.80. The molecule has 0 bridgehead atoms. The zero-order chi connectivity index (χ0) is 18.5. The van der Waals surface area contributed by atoms with Crippen LogP contribution in [0.5, 0.6) is 0 Å². The van der Waals surface area contributed by atoms with Crippen LogP contribution in [0.15, 0.2) is 53.9 Å². The van der Waals surface area contributed by atoms with E-state index in [4.69, 9.17) is 0 Å². The summed E-state index contributed by atoms with van der Waals surface area (Å²) in [4.78, 5) is 27.7. The van der Waals surface area contributed by atoms with Crippen molar-refractivity contribution in [3.8, 4) is 0 Å². The number of carbonyl (C=O) groups excluding carboxylic acids is 2. The summed E-state index contributed by atoms with van der Waals surface area (Å²) in [5.41, 5.74) is 2.59. The molecule has 0 atom stereocenters. The molecule has 2 N–H and O–H groups in total. The summed E-state index contributed by atoms with van der Waals surface area (Å²) in [5.74, 6) is -0.648. The summed E-state index contributed by atoms with van der Waals surface area (Å²) >= 11 is 1.41. The van der Waals surface area contributed by atoms with Gasteiger partial charge in [-0.05, 0) is 55.5 Å². The van der Waals surface area contributed by atoms with E-state index in [1.807, 2.05) is 17.5 Å². The number of nitrogens with zero attached hydrogens (tertiary/aromatic N) is 1. The minimum absolute atomic E-state index is 0.0185. The molecule has 132 valence electrons. The Morgan fingerprint density at radius 1 is 1.04 bits per heavy atom. The van der Waals surface area contributed by atoms with Crippen molar-refractivity contribution >= 4 is 33.8 Å². The number of thiazole rings is 1. The van der Waals surface area contributed by atoms with Crippen LogP contribution in [0.2, 0.25) is 0 Å². The van der Waals surface area contributed by atoms with Gasteiger partial charge in [0, 0.05) is 22.2 Å². The van der Waals surface area contributed by atoms with Gasteiger partial charge in [0.2, 0.25) is 0 Å². The highest BCUT2D eigenvalue weighted by Gasteiger charge is 2.08. The van der Waals surface area contributed by atoms with Gasteiger partial charge >= 0.3 is 0 Å². The number of aromatic nitrogens is 1. The van der Waals surface area contributed by atoms with Gasteiger partial charge < -0.3 is 10.6 Å². The first kappa shape index (κ1) is 17.8. The van der Waals surface area contributed by atoms with Crippen LogP contribution < -0.4 is 10.6 Å². The zero-order valence-corrected chi connectivity index (χ0v) is 14.8. The molecule has 0 saturated heterocycles. The molecule has 5 nitrogen and oxygen atoms in total. The van der Waals surface area contributed by atoms with Crippen LogP contribution in [0, 0.1) is 5.82 Å². The molecule has 26 heavy (non-hydrogen) atoms. The van der Waals surface area contributed by atoms with Crippen molar-refractivity contribution in [1.82, 2.24) is 10.3 Å². The molecule has 0 radical (unpaired) electrons. The van der Waals surface area contributed by atoms with E-state index in [0.29, 0.717) is 22.0 Å². The predicted molar refractivity (Wildman–Crippen MR) is 99.4 cm³/mol. The minimum atomic E-state index is -0.381. The quantitative estimate of drug-likeness (QED) is 0.640. The fraction of sp³-hybridized carbons (Fsp3) is 0.105. The van der Waals surface area contributed by atoms with Gasteiger partial charge in [0.1, 0.15) is 5.82 Å². The lowest BCUT2D eigenvalue weighted by atomic mass is 10.1. The number of carbonyl (C=O) groups is 2. The van der Waals surface area contributed by atoms with Crippen LogP contribution in [-0.4, -0.2) is 16.7 Å². The topological polar surface area (TPSA) is 71.1 Å². The van der Waals surface area contributed by atoms with Crippen molar-refractivity contribution in [2.45, 2.75) is 13.5 Å². The largest absolute Gasteiger partial charge is 0.346 e. The first-order valence-corrected chi connectivity index (χ1v) is 8.75. The van der Waals surface area contributed by atoms with Crippen LogP contribution in [0.25, 0.3) is 0 Å². The second-order valence-electron chi connectivity index (χ2n) is 5.59. The normalized spacial score (nSPS) is 10.4. The fourth-order valence-electron chi connectivity index (χ4n) is 2.23. The lowest BCUT2D eigenvalue weighted by Gasteiger charge is -2.04. The first-order valence-electron chi connectivity index (χ1n) is 7.87. The van der Waals surface area contributed by atoms with Gasteiger partial charge in [-0.25, -0.2) is 9.37 Å². The Hall–Kier alpha value is -3.06. The van der Waals surface area contributed by atoms with Gasteiger partial charge in [-0.2, -0.15) is 0 Å². The summed E-state index contributed by atoms with van der Waals surface area (Å²) in [6, 6.07) is 12.5. The summed E-state index contributed by atoms with van der Waals surface area (Å²) in [5, 5.41) is 8.44. The van der Waals surface area contributed by atoms with Crippen LogP contribution in [0.4, 0.5) is 15.2 Å². The molecule has 0 fully saturated rings. The first-order chi connectivity index (χ1) is 12.5. The Morgan fingerprint density at radius 2 is 1.69 bits per heavy atom. The Kier molecular flexibility index (Phi) is 5.38. The highest BCUT2D eigenvalue weighted by Crippen LogP contribution is 2.21. The zero-order valence-electron chi connectivity index (χ0n) is 14.0. The van der Waals surface area contributed by atoms with Gasteiger partial charge in [-0.1, -0.05) is 0 Å². The second kappa shape index (κ2) is 7.88. The van der Waals surface area contributed by atoms with E-state index in [-0.39, 0.29) is 24.1 Å². The molecule has 0 unspecified atom stereocenters. The fourth-order valence-corrected chi connectivity index (χ4v) is 2.96. The third-order valence-corrected chi connectivity index (χ3v) is 4.44. The van der Waals surface area contributed by atoms with E-state index in [9.17, 15) is 14.0 Å². The Balaban J connectivity index is 1.56. The van der Waals surface area contributed by atoms with Crippen molar-refractivity contribution < 1.29 is 14.0 Å². The molecular weight excluding hydrogens is 353 g/mol.